The van der Waals surface area contributed by atoms with E-state index in [0.29, 0.717) is 0 Å². The van der Waals surface area contributed by atoms with E-state index in [-0.39, 0.29) is 0 Å². The first-order valence-corrected chi connectivity index (χ1v) is 4.95. The highest BCUT2D eigenvalue weighted by Crippen LogP contribution is 2.43. The Balaban J connectivity index is 2.33. The van der Waals surface area contributed by atoms with E-state index in [2.05, 4.69) is 13.8 Å². The molecule has 0 spiro atoms. The molecule has 1 heteroatoms. The summed E-state index contributed by atoms with van der Waals surface area (Å²) in [5.41, 5.74) is 0.818. The van der Waals surface area contributed by atoms with Gasteiger partial charge in [0.2, 0.25) is 0 Å². The van der Waals surface area contributed by atoms with Crippen molar-refractivity contribution in [1.29, 1.82) is 0 Å². The Bertz CT molecular complexity index is 60.9. The molecule has 1 aliphatic rings. The molecule has 0 nitrogen and oxygen atoms in total. The number of hydrogen-bond donors (Lipinski definition) is 0. The van der Waals surface area contributed by atoms with Crippen LogP contribution in [0.1, 0.15) is 26.7 Å². The molecule has 1 rings (SSSR count). The van der Waals surface area contributed by atoms with Gasteiger partial charge >= 0.3 is 0 Å². The van der Waals surface area contributed by atoms with Crippen molar-refractivity contribution in [2.24, 2.45) is 5.41 Å². The third-order valence-electron chi connectivity index (χ3n) is 2.50. The van der Waals surface area contributed by atoms with Gasteiger partial charge in [-0.05, 0) is 5.41 Å². The Labute approximate surface area is 54.5 Å². The summed E-state index contributed by atoms with van der Waals surface area (Å²) in [5.74, 6) is 0. The Morgan fingerprint density at radius 3 is 1.75 bits per heavy atom. The summed E-state index contributed by atoms with van der Waals surface area (Å²) in [6, 6.07) is 3.06. The van der Waals surface area contributed by atoms with Gasteiger partial charge < -0.3 is 0 Å². The summed E-state index contributed by atoms with van der Waals surface area (Å²) in [7, 11) is 1.29. The Hall–Kier alpha value is 0.217. The molecular formula is C7H14Si. The lowest BCUT2D eigenvalue weighted by Gasteiger charge is -2.39. The lowest BCUT2D eigenvalue weighted by molar-refractivity contribution is 0.302. The van der Waals surface area contributed by atoms with Gasteiger partial charge in [0.1, 0.15) is 0 Å². The lowest BCUT2D eigenvalue weighted by atomic mass is 9.85. The van der Waals surface area contributed by atoms with Crippen LogP contribution in [0.15, 0.2) is 0 Å². The maximum Gasteiger partial charge on any atom is 0.0389 e. The Morgan fingerprint density at radius 1 is 1.25 bits per heavy atom. The fourth-order valence-electron chi connectivity index (χ4n) is 1.23. The molecule has 0 saturated carbocycles. The molecule has 1 heterocycles. The molecule has 0 aromatic rings. The van der Waals surface area contributed by atoms with Crippen LogP contribution in [0.25, 0.3) is 0 Å². The molecule has 0 atom stereocenters. The molecule has 0 bridgehead atoms. The standard InChI is InChI=1S/C7H14Si/c1-3-7(4-2)5-8-6-7/h3-6H2,1-2H3. The molecular weight excluding hydrogens is 112 g/mol. The first-order chi connectivity index (χ1) is 3.83. The fraction of sp³-hybridized carbons (Fsp3) is 1.00. The average Bonchev–Trinajstić information content (AvgIpc) is 1.67. The maximum absolute atomic E-state index is 2.33. The van der Waals surface area contributed by atoms with Crippen LogP contribution < -0.4 is 0 Å². The quantitative estimate of drug-likeness (QED) is 0.498. The van der Waals surface area contributed by atoms with E-state index in [9.17, 15) is 0 Å². The highest BCUT2D eigenvalue weighted by atomic mass is 28.2. The predicted molar refractivity (Wildman–Crippen MR) is 38.4 cm³/mol. The van der Waals surface area contributed by atoms with E-state index in [0.717, 1.165) is 5.41 Å². The molecule has 0 aromatic heterocycles. The van der Waals surface area contributed by atoms with Crippen molar-refractivity contribution in [3.63, 3.8) is 0 Å². The van der Waals surface area contributed by atoms with Crippen LogP contribution in [0.5, 0.6) is 0 Å². The molecule has 46 valence electrons. The molecule has 0 unspecified atom stereocenters. The minimum Gasteiger partial charge on any atom is -0.0649 e. The zero-order valence-corrected chi connectivity index (χ0v) is 6.83. The highest BCUT2D eigenvalue weighted by molar-refractivity contribution is 6.40. The van der Waals surface area contributed by atoms with Crippen LogP contribution in [0.2, 0.25) is 12.1 Å². The third kappa shape index (κ3) is 0.837. The van der Waals surface area contributed by atoms with Crippen LogP contribution >= 0.6 is 0 Å². The minimum atomic E-state index is 0.818. The van der Waals surface area contributed by atoms with Crippen LogP contribution in [0, 0.1) is 5.41 Å². The second kappa shape index (κ2) is 2.22. The second-order valence-corrected chi connectivity index (χ2v) is 4.02. The van der Waals surface area contributed by atoms with Gasteiger partial charge in [0.15, 0.2) is 0 Å². The summed E-state index contributed by atoms with van der Waals surface area (Å²) in [6.45, 7) is 4.65. The molecule has 0 amide bonds. The molecule has 2 radical (unpaired) electrons. The van der Waals surface area contributed by atoms with Gasteiger partial charge in [0.05, 0.1) is 0 Å². The van der Waals surface area contributed by atoms with Crippen molar-refractivity contribution in [3.8, 4) is 0 Å². The molecule has 0 aliphatic carbocycles. The molecule has 1 aliphatic heterocycles. The predicted octanol–water partition coefficient (Wildman–Crippen LogP) is 2.35. The first-order valence-electron chi connectivity index (χ1n) is 3.54. The van der Waals surface area contributed by atoms with Gasteiger partial charge in [-0.25, -0.2) is 0 Å². The largest absolute Gasteiger partial charge is 0.0649 e. The lowest BCUT2D eigenvalue weighted by Crippen LogP contribution is -2.31. The highest BCUT2D eigenvalue weighted by Gasteiger charge is 2.32. The van der Waals surface area contributed by atoms with E-state index in [1.807, 2.05) is 0 Å². The van der Waals surface area contributed by atoms with Crippen LogP contribution in [-0.2, 0) is 0 Å². The van der Waals surface area contributed by atoms with E-state index in [4.69, 9.17) is 0 Å². The second-order valence-electron chi connectivity index (χ2n) is 2.81. The normalized spacial score (nSPS) is 24.8. The minimum absolute atomic E-state index is 0.818. The van der Waals surface area contributed by atoms with Gasteiger partial charge in [-0.2, -0.15) is 0 Å². The molecule has 1 fully saturated rings. The van der Waals surface area contributed by atoms with Gasteiger partial charge in [-0.3, -0.25) is 0 Å². The Morgan fingerprint density at radius 2 is 1.75 bits per heavy atom. The fourth-order valence-corrected chi connectivity index (χ4v) is 3.19. The van der Waals surface area contributed by atoms with Gasteiger partial charge in [-0.1, -0.05) is 38.8 Å². The zero-order valence-electron chi connectivity index (χ0n) is 5.83. The van der Waals surface area contributed by atoms with Crippen molar-refractivity contribution in [2.75, 3.05) is 0 Å². The third-order valence-corrected chi connectivity index (χ3v) is 4.50. The summed E-state index contributed by atoms with van der Waals surface area (Å²) < 4.78 is 0. The van der Waals surface area contributed by atoms with Crippen molar-refractivity contribution < 1.29 is 0 Å². The summed E-state index contributed by atoms with van der Waals surface area (Å²) in [5, 5.41) is 0. The van der Waals surface area contributed by atoms with Crippen molar-refractivity contribution in [1.82, 2.24) is 0 Å². The summed E-state index contributed by atoms with van der Waals surface area (Å²) in [6.07, 6.45) is 2.83. The first kappa shape index (κ1) is 6.34. The summed E-state index contributed by atoms with van der Waals surface area (Å²) in [4.78, 5) is 0. The van der Waals surface area contributed by atoms with Crippen molar-refractivity contribution >= 4 is 9.52 Å². The van der Waals surface area contributed by atoms with E-state index >= 15 is 0 Å². The van der Waals surface area contributed by atoms with Crippen LogP contribution in [0.4, 0.5) is 0 Å². The smallest absolute Gasteiger partial charge is 0.0389 e. The number of rotatable bonds is 2. The molecule has 8 heavy (non-hydrogen) atoms. The average molecular weight is 126 g/mol. The van der Waals surface area contributed by atoms with Gasteiger partial charge in [0.25, 0.3) is 0 Å². The van der Waals surface area contributed by atoms with Gasteiger partial charge in [0, 0.05) is 9.52 Å². The van der Waals surface area contributed by atoms with Crippen LogP contribution in [-0.4, -0.2) is 9.52 Å². The Kier molecular flexibility index (Phi) is 1.76. The molecule has 1 saturated heterocycles. The number of hydrogen-bond acceptors (Lipinski definition) is 0. The zero-order chi connectivity index (χ0) is 6.04. The molecule has 0 aromatic carbocycles. The van der Waals surface area contributed by atoms with E-state index < -0.39 is 0 Å². The van der Waals surface area contributed by atoms with Crippen molar-refractivity contribution in [3.05, 3.63) is 0 Å². The van der Waals surface area contributed by atoms with E-state index in [1.54, 1.807) is 0 Å². The van der Waals surface area contributed by atoms with Gasteiger partial charge in [-0.15, -0.1) is 0 Å². The van der Waals surface area contributed by atoms with Crippen LogP contribution in [0.3, 0.4) is 0 Å². The maximum atomic E-state index is 2.33. The van der Waals surface area contributed by atoms with E-state index in [1.165, 1.54) is 34.4 Å². The monoisotopic (exact) mass is 126 g/mol. The molecule has 0 N–H and O–H groups in total. The topological polar surface area (TPSA) is 0 Å². The van der Waals surface area contributed by atoms with Crippen molar-refractivity contribution in [2.45, 2.75) is 38.8 Å². The SMILES string of the molecule is CCC1(CC)C[Si]C1. The summed E-state index contributed by atoms with van der Waals surface area (Å²) >= 11 is 0.